The van der Waals surface area contributed by atoms with Crippen molar-refractivity contribution >= 4 is 23.4 Å². The topological polar surface area (TPSA) is 63.4 Å². The number of amides is 2. The van der Waals surface area contributed by atoms with Crippen LogP contribution in [0.4, 0.5) is 4.39 Å². The first-order valence-corrected chi connectivity index (χ1v) is 7.99. The number of hydrogen-bond acceptors (Lipinski definition) is 2. The minimum atomic E-state index is -0.696. The second-order valence-electron chi connectivity index (χ2n) is 5.80. The number of fused-ring (bicyclic) bond motifs is 1. The van der Waals surface area contributed by atoms with Crippen molar-refractivity contribution in [3.8, 4) is 0 Å². The summed E-state index contributed by atoms with van der Waals surface area (Å²) in [4.78, 5) is 26.1. The number of carbonyl (C=O) groups excluding carboxylic acids is 2. The number of nitrogens with zero attached hydrogens (tertiary/aromatic N) is 1. The Bertz CT molecular complexity index is 823. The predicted octanol–water partition coefficient (Wildman–Crippen LogP) is 3.17. The molecule has 0 bridgehead atoms. The molecule has 0 aliphatic carbocycles. The van der Waals surface area contributed by atoms with E-state index < -0.39 is 5.91 Å². The van der Waals surface area contributed by atoms with E-state index in [-0.39, 0.29) is 22.9 Å². The van der Waals surface area contributed by atoms with Crippen LogP contribution in [0.1, 0.15) is 38.3 Å². The Labute approximate surface area is 144 Å². The standard InChI is InChI=1S/C18H16ClFN2O2/c19-13-4-6-15(16(9-13)17(21)23)18(24)22-7-1-2-11-8-14(20)5-3-12(11)10-22/h3-6,8-9H,1-2,7,10H2,(H2,21,23). The van der Waals surface area contributed by atoms with Gasteiger partial charge in [0.25, 0.3) is 5.91 Å². The molecule has 2 N–H and O–H groups in total. The highest BCUT2D eigenvalue weighted by molar-refractivity contribution is 6.31. The lowest BCUT2D eigenvalue weighted by Crippen LogP contribution is -2.32. The molecule has 1 aliphatic rings. The average molecular weight is 347 g/mol. The monoisotopic (exact) mass is 346 g/mol. The number of rotatable bonds is 2. The first-order valence-electron chi connectivity index (χ1n) is 7.61. The van der Waals surface area contributed by atoms with Gasteiger partial charge in [-0.15, -0.1) is 0 Å². The number of benzene rings is 2. The van der Waals surface area contributed by atoms with Gasteiger partial charge >= 0.3 is 0 Å². The Morgan fingerprint density at radius 1 is 1.08 bits per heavy atom. The van der Waals surface area contributed by atoms with E-state index in [0.717, 1.165) is 17.5 Å². The van der Waals surface area contributed by atoms with Crippen LogP contribution in [0.3, 0.4) is 0 Å². The Kier molecular flexibility index (Phi) is 4.53. The molecule has 0 saturated carbocycles. The fourth-order valence-corrected chi connectivity index (χ4v) is 3.15. The second kappa shape index (κ2) is 6.61. The van der Waals surface area contributed by atoms with Crippen LogP contribution in [0, 0.1) is 5.82 Å². The number of aryl methyl sites for hydroxylation is 1. The molecule has 0 saturated heterocycles. The average Bonchev–Trinajstić information content (AvgIpc) is 2.76. The van der Waals surface area contributed by atoms with E-state index in [1.54, 1.807) is 17.0 Å². The lowest BCUT2D eigenvalue weighted by atomic mass is 10.0. The summed E-state index contributed by atoms with van der Waals surface area (Å²) in [5, 5.41) is 0.344. The number of nitrogens with two attached hydrogens (primary N) is 1. The molecule has 2 amide bonds. The first kappa shape index (κ1) is 16.5. The molecule has 2 aromatic carbocycles. The van der Waals surface area contributed by atoms with Crippen molar-refractivity contribution in [2.24, 2.45) is 5.73 Å². The van der Waals surface area contributed by atoms with Gasteiger partial charge < -0.3 is 10.6 Å². The molecule has 0 unspecified atom stereocenters. The largest absolute Gasteiger partial charge is 0.366 e. The fourth-order valence-electron chi connectivity index (χ4n) is 2.98. The molecular formula is C18H16ClFN2O2. The molecule has 3 rings (SSSR count). The summed E-state index contributed by atoms with van der Waals surface area (Å²) in [7, 11) is 0. The van der Waals surface area contributed by atoms with Gasteiger partial charge in [0.1, 0.15) is 5.82 Å². The number of primary amides is 1. The Hall–Kier alpha value is -2.40. The zero-order chi connectivity index (χ0) is 17.3. The molecule has 0 radical (unpaired) electrons. The van der Waals surface area contributed by atoms with Crippen molar-refractivity contribution < 1.29 is 14.0 Å². The highest BCUT2D eigenvalue weighted by Crippen LogP contribution is 2.23. The van der Waals surface area contributed by atoms with Crippen LogP contribution in [-0.4, -0.2) is 23.3 Å². The molecule has 24 heavy (non-hydrogen) atoms. The SMILES string of the molecule is NC(=O)c1cc(Cl)ccc1C(=O)N1CCCc2cc(F)ccc2C1. The molecule has 1 aliphatic heterocycles. The molecule has 1 heterocycles. The number of hydrogen-bond donors (Lipinski definition) is 1. The predicted molar refractivity (Wildman–Crippen MR) is 89.4 cm³/mol. The van der Waals surface area contributed by atoms with Gasteiger partial charge in [-0.1, -0.05) is 17.7 Å². The molecule has 0 spiro atoms. The smallest absolute Gasteiger partial charge is 0.254 e. The Morgan fingerprint density at radius 2 is 1.88 bits per heavy atom. The highest BCUT2D eigenvalue weighted by Gasteiger charge is 2.24. The highest BCUT2D eigenvalue weighted by atomic mass is 35.5. The molecular weight excluding hydrogens is 331 g/mol. The van der Waals surface area contributed by atoms with Crippen molar-refractivity contribution in [1.29, 1.82) is 0 Å². The van der Waals surface area contributed by atoms with Gasteiger partial charge in [0.15, 0.2) is 0 Å². The van der Waals surface area contributed by atoms with Crippen molar-refractivity contribution in [3.05, 3.63) is 69.5 Å². The minimum absolute atomic E-state index is 0.107. The summed E-state index contributed by atoms with van der Waals surface area (Å²) >= 11 is 5.89. The quantitative estimate of drug-likeness (QED) is 0.907. The van der Waals surface area contributed by atoms with Crippen LogP contribution >= 0.6 is 11.6 Å². The first-order chi connectivity index (χ1) is 11.5. The van der Waals surface area contributed by atoms with E-state index in [0.29, 0.717) is 24.5 Å². The third-order valence-corrected chi connectivity index (χ3v) is 4.40. The van der Waals surface area contributed by atoms with Crippen molar-refractivity contribution in [2.45, 2.75) is 19.4 Å². The molecule has 2 aromatic rings. The lowest BCUT2D eigenvalue weighted by Gasteiger charge is -2.22. The van der Waals surface area contributed by atoms with Crippen LogP contribution < -0.4 is 5.73 Å². The van der Waals surface area contributed by atoms with Crippen LogP contribution in [0.2, 0.25) is 5.02 Å². The summed E-state index contributed by atoms with van der Waals surface area (Å²) in [6.45, 7) is 0.894. The maximum Gasteiger partial charge on any atom is 0.254 e. The van der Waals surface area contributed by atoms with E-state index >= 15 is 0 Å². The van der Waals surface area contributed by atoms with Crippen molar-refractivity contribution in [1.82, 2.24) is 4.90 Å². The van der Waals surface area contributed by atoms with E-state index in [1.807, 2.05) is 0 Å². The molecule has 4 nitrogen and oxygen atoms in total. The molecule has 0 aromatic heterocycles. The van der Waals surface area contributed by atoms with E-state index in [4.69, 9.17) is 17.3 Å². The van der Waals surface area contributed by atoms with Gasteiger partial charge in [0, 0.05) is 18.1 Å². The molecule has 0 atom stereocenters. The summed E-state index contributed by atoms with van der Waals surface area (Å²) in [6, 6.07) is 9.08. The number of halogens is 2. The van der Waals surface area contributed by atoms with Crippen LogP contribution in [0.15, 0.2) is 36.4 Å². The fraction of sp³-hybridized carbons (Fsp3) is 0.222. The van der Waals surface area contributed by atoms with Gasteiger partial charge in [-0.05, 0) is 54.3 Å². The van der Waals surface area contributed by atoms with Crippen LogP contribution in [-0.2, 0) is 13.0 Å². The zero-order valence-electron chi connectivity index (χ0n) is 12.9. The Morgan fingerprint density at radius 3 is 2.62 bits per heavy atom. The normalized spacial score (nSPS) is 14.0. The maximum atomic E-state index is 13.4. The third-order valence-electron chi connectivity index (χ3n) is 4.17. The van der Waals surface area contributed by atoms with E-state index in [1.165, 1.54) is 24.3 Å². The van der Waals surface area contributed by atoms with E-state index in [2.05, 4.69) is 0 Å². The maximum absolute atomic E-state index is 13.4. The molecule has 0 fully saturated rings. The summed E-state index contributed by atoms with van der Waals surface area (Å²) in [5.74, 6) is -1.25. The second-order valence-corrected chi connectivity index (χ2v) is 6.23. The molecule has 124 valence electrons. The summed E-state index contributed by atoms with van der Waals surface area (Å²) in [5.41, 5.74) is 7.53. The third kappa shape index (κ3) is 3.26. The van der Waals surface area contributed by atoms with Gasteiger partial charge in [-0.2, -0.15) is 0 Å². The summed E-state index contributed by atoms with van der Waals surface area (Å²) in [6.07, 6.45) is 1.43. The lowest BCUT2D eigenvalue weighted by molar-refractivity contribution is 0.0741. The van der Waals surface area contributed by atoms with E-state index in [9.17, 15) is 14.0 Å². The zero-order valence-corrected chi connectivity index (χ0v) is 13.6. The van der Waals surface area contributed by atoms with Crippen molar-refractivity contribution in [2.75, 3.05) is 6.54 Å². The molecule has 6 heteroatoms. The Balaban J connectivity index is 1.93. The van der Waals surface area contributed by atoms with Gasteiger partial charge in [-0.3, -0.25) is 9.59 Å². The van der Waals surface area contributed by atoms with Gasteiger partial charge in [0.05, 0.1) is 11.1 Å². The summed E-state index contributed by atoms with van der Waals surface area (Å²) < 4.78 is 13.4. The van der Waals surface area contributed by atoms with Crippen molar-refractivity contribution in [3.63, 3.8) is 0 Å². The van der Waals surface area contributed by atoms with Gasteiger partial charge in [-0.25, -0.2) is 4.39 Å². The minimum Gasteiger partial charge on any atom is -0.366 e. The van der Waals surface area contributed by atoms with Crippen LogP contribution in [0.5, 0.6) is 0 Å². The van der Waals surface area contributed by atoms with Gasteiger partial charge in [0.2, 0.25) is 5.91 Å². The van der Waals surface area contributed by atoms with Crippen LogP contribution in [0.25, 0.3) is 0 Å². The number of carbonyl (C=O) groups is 2.